The third-order valence-corrected chi connectivity index (χ3v) is 4.56. The van der Waals surface area contributed by atoms with Crippen LogP contribution in [-0.4, -0.2) is 36.0 Å². The van der Waals surface area contributed by atoms with Crippen molar-refractivity contribution in [3.63, 3.8) is 0 Å². The predicted octanol–water partition coefficient (Wildman–Crippen LogP) is 2.12. The van der Waals surface area contributed by atoms with Gasteiger partial charge in [0.1, 0.15) is 0 Å². The summed E-state index contributed by atoms with van der Waals surface area (Å²) in [5.74, 6) is 0. The Morgan fingerprint density at radius 3 is 2.35 bits per heavy atom. The van der Waals surface area contributed by atoms with Gasteiger partial charge in [0.25, 0.3) is 0 Å². The molecule has 112 valence electrons. The van der Waals surface area contributed by atoms with Crippen LogP contribution in [0.4, 0.5) is 0 Å². The Morgan fingerprint density at radius 2 is 1.75 bits per heavy atom. The summed E-state index contributed by atoms with van der Waals surface area (Å²) in [5, 5.41) is 22.7. The van der Waals surface area contributed by atoms with Crippen LogP contribution in [0.2, 0.25) is 0 Å². The lowest BCUT2D eigenvalue weighted by Gasteiger charge is -2.37. The fraction of sp³-hybridized carbons (Fsp3) is 0.647. The second-order valence-electron chi connectivity index (χ2n) is 6.17. The summed E-state index contributed by atoms with van der Waals surface area (Å²) in [4.78, 5) is 0. The number of aliphatic hydroxyl groups excluding tert-OH is 2. The summed E-state index contributed by atoms with van der Waals surface area (Å²) >= 11 is 0. The lowest BCUT2D eigenvalue weighted by molar-refractivity contribution is 0.0749. The van der Waals surface area contributed by atoms with Gasteiger partial charge in [-0.05, 0) is 24.8 Å². The first-order chi connectivity index (χ1) is 9.78. The van der Waals surface area contributed by atoms with Crippen LogP contribution in [0.3, 0.4) is 0 Å². The molecule has 2 rings (SSSR count). The molecule has 0 radical (unpaired) electrons. The van der Waals surface area contributed by atoms with E-state index >= 15 is 0 Å². The smallest absolute Gasteiger partial charge is 0.0587 e. The predicted molar refractivity (Wildman–Crippen MR) is 81.6 cm³/mol. The highest BCUT2D eigenvalue weighted by atomic mass is 16.3. The van der Waals surface area contributed by atoms with Gasteiger partial charge in [0, 0.05) is 24.6 Å². The molecule has 0 aromatic heterocycles. The molecule has 0 saturated heterocycles. The summed E-state index contributed by atoms with van der Waals surface area (Å²) < 4.78 is 0. The molecule has 3 N–H and O–H groups in total. The second-order valence-corrected chi connectivity index (χ2v) is 6.17. The third kappa shape index (κ3) is 4.30. The molecule has 1 aromatic rings. The van der Waals surface area contributed by atoms with Gasteiger partial charge in [-0.3, -0.25) is 0 Å². The zero-order valence-electron chi connectivity index (χ0n) is 12.2. The average molecular weight is 277 g/mol. The SMILES string of the molecule is OC[C@@H](Cc1ccccc1)NCC1(CO)CCCCC1. The summed E-state index contributed by atoms with van der Waals surface area (Å²) in [6, 6.07) is 10.3. The normalized spacial score (nSPS) is 19.7. The molecular weight excluding hydrogens is 250 g/mol. The van der Waals surface area contributed by atoms with E-state index in [1.54, 1.807) is 0 Å². The highest BCUT2D eigenvalue weighted by Crippen LogP contribution is 2.35. The van der Waals surface area contributed by atoms with Crippen LogP contribution in [0.1, 0.15) is 37.7 Å². The average Bonchev–Trinajstić information content (AvgIpc) is 2.53. The Labute approximate surface area is 122 Å². The van der Waals surface area contributed by atoms with Crippen molar-refractivity contribution in [2.75, 3.05) is 19.8 Å². The van der Waals surface area contributed by atoms with Gasteiger partial charge in [0.15, 0.2) is 0 Å². The third-order valence-electron chi connectivity index (χ3n) is 4.56. The van der Waals surface area contributed by atoms with Crippen molar-refractivity contribution in [1.29, 1.82) is 0 Å². The van der Waals surface area contributed by atoms with E-state index in [4.69, 9.17) is 0 Å². The lowest BCUT2D eigenvalue weighted by Crippen LogP contribution is -2.45. The maximum atomic E-state index is 9.71. The van der Waals surface area contributed by atoms with Crippen molar-refractivity contribution in [2.45, 2.75) is 44.6 Å². The van der Waals surface area contributed by atoms with Gasteiger partial charge in [-0.1, -0.05) is 49.6 Å². The van der Waals surface area contributed by atoms with Crippen LogP contribution in [0.25, 0.3) is 0 Å². The fourth-order valence-corrected chi connectivity index (χ4v) is 3.15. The van der Waals surface area contributed by atoms with Crippen molar-refractivity contribution >= 4 is 0 Å². The molecule has 0 spiro atoms. The van der Waals surface area contributed by atoms with Crippen LogP contribution in [-0.2, 0) is 6.42 Å². The van der Waals surface area contributed by atoms with Crippen molar-refractivity contribution < 1.29 is 10.2 Å². The highest BCUT2D eigenvalue weighted by molar-refractivity contribution is 5.15. The second kappa shape index (κ2) is 7.77. The van der Waals surface area contributed by atoms with Crippen LogP contribution < -0.4 is 5.32 Å². The van der Waals surface area contributed by atoms with Crippen molar-refractivity contribution in [3.8, 4) is 0 Å². The van der Waals surface area contributed by atoms with E-state index in [1.807, 2.05) is 18.2 Å². The zero-order valence-corrected chi connectivity index (χ0v) is 12.2. The molecule has 1 atom stereocenters. The monoisotopic (exact) mass is 277 g/mol. The molecule has 1 aromatic carbocycles. The van der Waals surface area contributed by atoms with Gasteiger partial charge in [0.2, 0.25) is 0 Å². The molecule has 0 unspecified atom stereocenters. The van der Waals surface area contributed by atoms with E-state index in [1.165, 1.54) is 24.8 Å². The Bertz CT molecular complexity index is 374. The van der Waals surface area contributed by atoms with Crippen LogP contribution in [0.15, 0.2) is 30.3 Å². The van der Waals surface area contributed by atoms with Crippen LogP contribution >= 0.6 is 0 Å². The zero-order chi connectivity index (χ0) is 14.3. The standard InChI is InChI=1S/C17H27NO2/c19-12-16(11-15-7-3-1-4-8-15)18-13-17(14-20)9-5-2-6-10-17/h1,3-4,7-8,16,18-20H,2,5-6,9-14H2/t16-/m1/s1. The minimum Gasteiger partial charge on any atom is -0.396 e. The molecule has 0 amide bonds. The summed E-state index contributed by atoms with van der Waals surface area (Å²) in [7, 11) is 0. The molecule has 3 nitrogen and oxygen atoms in total. The largest absolute Gasteiger partial charge is 0.396 e. The van der Waals surface area contributed by atoms with E-state index in [0.29, 0.717) is 0 Å². The molecule has 1 saturated carbocycles. The quantitative estimate of drug-likeness (QED) is 0.715. The summed E-state index contributed by atoms with van der Waals surface area (Å²) in [6.07, 6.45) is 6.74. The molecular formula is C17H27NO2. The number of rotatable bonds is 7. The molecule has 1 fully saturated rings. The molecule has 0 heterocycles. The van der Waals surface area contributed by atoms with Crippen LogP contribution in [0.5, 0.6) is 0 Å². The summed E-state index contributed by atoms with van der Waals surface area (Å²) in [6.45, 7) is 1.20. The fourth-order valence-electron chi connectivity index (χ4n) is 3.15. The van der Waals surface area contributed by atoms with Gasteiger partial charge in [0.05, 0.1) is 6.61 Å². The van der Waals surface area contributed by atoms with Crippen LogP contribution in [0, 0.1) is 5.41 Å². The Balaban J connectivity index is 1.86. The van der Waals surface area contributed by atoms with Crippen molar-refractivity contribution in [3.05, 3.63) is 35.9 Å². The number of hydrogen-bond acceptors (Lipinski definition) is 3. The number of nitrogens with one attached hydrogen (secondary N) is 1. The van der Waals surface area contributed by atoms with Crippen molar-refractivity contribution in [2.24, 2.45) is 5.41 Å². The minimum atomic E-state index is 0.0301. The van der Waals surface area contributed by atoms with E-state index in [9.17, 15) is 10.2 Å². The number of aliphatic hydroxyl groups is 2. The van der Waals surface area contributed by atoms with Gasteiger partial charge < -0.3 is 15.5 Å². The molecule has 0 bridgehead atoms. The van der Waals surface area contributed by atoms with E-state index in [0.717, 1.165) is 25.8 Å². The molecule has 1 aliphatic rings. The Kier molecular flexibility index (Phi) is 6.02. The topological polar surface area (TPSA) is 52.5 Å². The molecule has 3 heteroatoms. The number of hydrogen-bond donors (Lipinski definition) is 3. The van der Waals surface area contributed by atoms with Gasteiger partial charge in [-0.15, -0.1) is 0 Å². The van der Waals surface area contributed by atoms with E-state index in [2.05, 4.69) is 17.4 Å². The maximum absolute atomic E-state index is 9.71. The van der Waals surface area contributed by atoms with Gasteiger partial charge >= 0.3 is 0 Å². The molecule has 20 heavy (non-hydrogen) atoms. The van der Waals surface area contributed by atoms with Crippen molar-refractivity contribution in [1.82, 2.24) is 5.32 Å². The number of benzene rings is 1. The highest BCUT2D eigenvalue weighted by Gasteiger charge is 2.31. The maximum Gasteiger partial charge on any atom is 0.0587 e. The minimum absolute atomic E-state index is 0.0301. The summed E-state index contributed by atoms with van der Waals surface area (Å²) in [5.41, 5.74) is 1.27. The molecule has 0 aliphatic heterocycles. The first kappa shape index (κ1) is 15.5. The van der Waals surface area contributed by atoms with Gasteiger partial charge in [-0.25, -0.2) is 0 Å². The first-order valence-electron chi connectivity index (χ1n) is 7.77. The van der Waals surface area contributed by atoms with Gasteiger partial charge in [-0.2, -0.15) is 0 Å². The lowest BCUT2D eigenvalue weighted by atomic mass is 9.74. The van der Waals surface area contributed by atoms with E-state index in [-0.39, 0.29) is 24.7 Å². The Morgan fingerprint density at radius 1 is 1.05 bits per heavy atom. The molecule has 1 aliphatic carbocycles. The first-order valence-corrected chi connectivity index (χ1v) is 7.77. The Hall–Kier alpha value is -0.900. The van der Waals surface area contributed by atoms with E-state index < -0.39 is 0 Å².